The van der Waals surface area contributed by atoms with Crippen molar-refractivity contribution >= 4 is 71.5 Å². The molecule has 92 valence electrons. The Morgan fingerprint density at radius 1 is 1.27 bits per heavy atom. The molecule has 0 aromatic heterocycles. The first-order chi connectivity index (χ1) is 10.4. The first-order valence-corrected chi connectivity index (χ1v) is 7.58. The largest absolute Gasteiger partial charge is 0.472 e. The molecule has 0 rings (SSSR count). The maximum absolute atomic E-state index is 11.9. The molecule has 0 spiro atoms. The summed E-state index contributed by atoms with van der Waals surface area (Å²) in [6.45, 7) is -7.07. The van der Waals surface area contributed by atoms with Crippen LogP contribution < -0.4 is 0 Å². The van der Waals surface area contributed by atoms with E-state index in [4.69, 9.17) is 13.7 Å². The maximum Gasteiger partial charge on any atom is 0.472 e. The van der Waals surface area contributed by atoms with Gasteiger partial charge in [-0.15, -0.1) is 0 Å². The number of alkyl halides is 4. The van der Waals surface area contributed by atoms with Crippen LogP contribution in [0.1, 0.15) is 13.7 Å². The molecule has 2 unspecified atom stereocenters. The van der Waals surface area contributed by atoms with Gasteiger partial charge in [0.25, 0.3) is 0 Å². The minimum absolute atomic E-state index is 2.36. The Labute approximate surface area is 137 Å². The summed E-state index contributed by atoms with van der Waals surface area (Å²) < 4.78 is 94.6. The molecule has 0 radical (unpaired) electrons. The first-order valence-electron chi connectivity index (χ1n) is 7.91. The fourth-order valence-electron chi connectivity index (χ4n) is 0.253. The van der Waals surface area contributed by atoms with E-state index >= 15 is 0 Å². The summed E-state index contributed by atoms with van der Waals surface area (Å²) >= 11 is 9.48. The Balaban J connectivity index is 5.67. The number of hydrogen-bond donors (Lipinski definition) is 1. The molecule has 0 aromatic carbocycles. The molecule has 0 aliphatic rings. The minimum atomic E-state index is -5.69. The van der Waals surface area contributed by atoms with Crippen LogP contribution in [-0.2, 0) is 13.6 Å². The Bertz CT molecular complexity index is 503. The van der Waals surface area contributed by atoms with Crippen molar-refractivity contribution in [3.63, 3.8) is 0 Å². The molecule has 0 aromatic rings. The van der Waals surface area contributed by atoms with Crippen molar-refractivity contribution in [1.29, 1.82) is 0 Å². The minimum Gasteiger partial charge on any atom is -0.302 e. The third kappa shape index (κ3) is 9.71. The van der Waals surface area contributed by atoms with Crippen LogP contribution in [0.5, 0.6) is 0 Å². The molecule has 0 fully saturated rings. The number of rotatable bonds is 8. The van der Waals surface area contributed by atoms with E-state index in [0.29, 0.717) is 0 Å². The lowest BCUT2D eigenvalue weighted by molar-refractivity contribution is 0.154. The quantitative estimate of drug-likeness (QED) is 0.404. The van der Waals surface area contributed by atoms with E-state index in [1.807, 2.05) is 0 Å². The van der Waals surface area contributed by atoms with Crippen molar-refractivity contribution in [3.8, 4) is 0 Å². The highest BCUT2D eigenvalue weighted by Gasteiger charge is 2.23. The van der Waals surface area contributed by atoms with E-state index in [-0.39, 0.29) is 0 Å². The molecule has 1 N–H and O–H groups in total. The molecule has 15 heavy (non-hydrogen) atoms. The molecule has 0 saturated heterocycles. The van der Waals surface area contributed by atoms with E-state index in [2.05, 4.69) is 72.8 Å². The number of hydrogen-bond acceptors (Lipinski definition) is 3. The summed E-state index contributed by atoms with van der Waals surface area (Å²) in [4.78, 5) is 3.64. The summed E-state index contributed by atoms with van der Waals surface area (Å²) in [5.41, 5.74) is 0. The molecule has 0 aliphatic heterocycles. The van der Waals surface area contributed by atoms with Gasteiger partial charge in [-0.1, -0.05) is 63.7 Å². The monoisotopic (exact) mass is 504 g/mol. The van der Waals surface area contributed by atoms with Gasteiger partial charge in [0, 0.05) is 28.4 Å². The highest BCUT2D eigenvalue weighted by molar-refractivity contribution is 9.12. The first kappa shape index (κ1) is 6.46. The van der Waals surface area contributed by atoms with Crippen LogP contribution >= 0.6 is 71.5 Å². The summed E-state index contributed by atoms with van der Waals surface area (Å²) in [5.74, 6) is 0. The molecule has 0 bridgehead atoms. The van der Waals surface area contributed by atoms with Gasteiger partial charge in [-0.3, -0.25) is 9.05 Å². The van der Waals surface area contributed by atoms with Crippen molar-refractivity contribution in [2.75, 3.05) is 23.7 Å². The highest BCUT2D eigenvalue weighted by Crippen LogP contribution is 2.44. The van der Waals surface area contributed by atoms with Crippen LogP contribution in [0.2, 0.25) is 0 Å². The zero-order valence-electron chi connectivity index (χ0n) is 16.6. The molecule has 2 atom stereocenters. The van der Waals surface area contributed by atoms with E-state index in [1.165, 1.54) is 0 Å². The number of halogens is 4. The summed E-state index contributed by atoms with van der Waals surface area (Å²) in [6, 6.07) is 0. The Morgan fingerprint density at radius 2 is 1.60 bits per heavy atom. The lowest BCUT2D eigenvalue weighted by Crippen LogP contribution is -2.12. The van der Waals surface area contributed by atoms with Gasteiger partial charge in [-0.25, -0.2) is 4.57 Å². The van der Waals surface area contributed by atoms with Crippen LogP contribution in [-0.4, -0.2) is 38.2 Å². The summed E-state index contributed by atoms with van der Waals surface area (Å²) in [7, 11) is -5.69. The molecule has 0 aliphatic carbocycles. The van der Waals surface area contributed by atoms with E-state index in [0.717, 1.165) is 0 Å². The summed E-state index contributed by atoms with van der Waals surface area (Å²) in [6.07, 6.45) is 0. The SMILES string of the molecule is [2H]C([2H])(Br)C([2H])(Br)C([2H])([2H])OP(=O)(O)OC([2H])([2H])C([2H])(Br)C([2H])([2H])Br. The second kappa shape index (κ2) is 9.03. The molecule has 4 nitrogen and oxygen atoms in total. The van der Waals surface area contributed by atoms with Crippen LogP contribution in [0.4, 0.5) is 0 Å². The predicted molar refractivity (Wildman–Crippen MR) is 74.7 cm³/mol. The van der Waals surface area contributed by atoms with Crippen molar-refractivity contribution in [3.05, 3.63) is 0 Å². The molecule has 0 amide bonds. The normalized spacial score (nSPS) is 37.4. The third-order valence-corrected chi connectivity index (χ3v) is 3.89. The fraction of sp³-hybridized carbons (Fsp3) is 1.00. The molecular weight excluding hydrogens is 487 g/mol. The van der Waals surface area contributed by atoms with Gasteiger partial charge in [0.05, 0.1) is 18.6 Å². The molecule has 0 saturated carbocycles. The van der Waals surface area contributed by atoms with Crippen LogP contribution in [0.25, 0.3) is 0 Å². The van der Waals surface area contributed by atoms with Crippen molar-refractivity contribution in [2.24, 2.45) is 0 Å². The maximum atomic E-state index is 11.9. The smallest absolute Gasteiger partial charge is 0.302 e. The van der Waals surface area contributed by atoms with Crippen LogP contribution in [0.15, 0.2) is 0 Å². The molecular formula is C6H11Br4O4P. The lowest BCUT2D eigenvalue weighted by atomic mass is 10.5. The Kier molecular flexibility index (Phi) is 3.89. The van der Waals surface area contributed by atoms with E-state index < -0.39 is 41.1 Å². The second-order valence-electron chi connectivity index (χ2n) is 1.67. The van der Waals surface area contributed by atoms with Gasteiger partial charge in [-0.2, -0.15) is 0 Å². The zero-order valence-corrected chi connectivity index (χ0v) is 13.9. The molecule has 0 heterocycles. The average Bonchev–Trinajstić information content (AvgIpc) is 2.21. The lowest BCUT2D eigenvalue weighted by Gasteiger charge is -2.14. The van der Waals surface area contributed by atoms with E-state index in [1.54, 1.807) is 0 Å². The number of phosphoric acid groups is 1. The van der Waals surface area contributed by atoms with Crippen molar-refractivity contribution in [2.45, 2.75) is 9.61 Å². The Morgan fingerprint density at radius 3 is 1.87 bits per heavy atom. The van der Waals surface area contributed by atoms with Gasteiger partial charge in [0.1, 0.15) is 0 Å². The topological polar surface area (TPSA) is 55.8 Å². The number of phosphoric ester groups is 1. The van der Waals surface area contributed by atoms with E-state index in [9.17, 15) is 9.46 Å². The third-order valence-electron chi connectivity index (χ3n) is 0.667. The van der Waals surface area contributed by atoms with Crippen LogP contribution in [0, 0.1) is 0 Å². The van der Waals surface area contributed by atoms with Gasteiger partial charge in [-0.05, 0) is 0 Å². The second-order valence-corrected chi connectivity index (χ2v) is 5.35. The van der Waals surface area contributed by atoms with Gasteiger partial charge in [0.15, 0.2) is 0 Å². The summed E-state index contributed by atoms with van der Waals surface area (Å²) in [5, 5.41) is -5.60. The Hall–Kier alpha value is 2.03. The highest BCUT2D eigenvalue weighted by atomic mass is 79.9. The van der Waals surface area contributed by atoms with Gasteiger partial charge < -0.3 is 4.89 Å². The average molecular weight is 508 g/mol. The predicted octanol–water partition coefficient (Wildman–Crippen LogP) is 3.44. The standard InChI is InChI=1S/C6H11Br4O4P/c7-1-5(9)3-13-15(11,12)14-4-6(10)2-8/h5-6H,1-4H2,(H,11,12)/i1D2,2D2,3D2,4D2,5D,6D. The fourth-order valence-corrected chi connectivity index (χ4v) is 1.28. The van der Waals surface area contributed by atoms with Gasteiger partial charge >= 0.3 is 7.82 Å². The van der Waals surface area contributed by atoms with Crippen LogP contribution in [0.3, 0.4) is 0 Å². The zero-order chi connectivity index (χ0) is 20.9. The van der Waals surface area contributed by atoms with Crippen molar-refractivity contribution < 1.29 is 32.2 Å². The van der Waals surface area contributed by atoms with Crippen molar-refractivity contribution in [1.82, 2.24) is 0 Å². The molecule has 9 heteroatoms. The van der Waals surface area contributed by atoms with Gasteiger partial charge in [0.2, 0.25) is 0 Å².